The summed E-state index contributed by atoms with van der Waals surface area (Å²) in [5.41, 5.74) is 3.13. The van der Waals surface area contributed by atoms with Gasteiger partial charge in [0.1, 0.15) is 12.4 Å². The molecule has 7 nitrogen and oxygen atoms in total. The summed E-state index contributed by atoms with van der Waals surface area (Å²) in [5, 5.41) is 24.1. The highest BCUT2D eigenvalue weighted by atomic mass is 16.5. The van der Waals surface area contributed by atoms with Gasteiger partial charge < -0.3 is 19.7 Å². The Balaban J connectivity index is 1.99. The Kier molecular flexibility index (Phi) is 6.04. The van der Waals surface area contributed by atoms with Crippen molar-refractivity contribution in [3.05, 3.63) is 65.7 Å². The lowest BCUT2D eigenvalue weighted by atomic mass is 10.1. The topological polar surface area (TPSA) is 111 Å². The van der Waals surface area contributed by atoms with Crippen molar-refractivity contribution >= 4 is 18.1 Å². The number of carbonyl (C=O) groups is 2. The number of aliphatic hydroxyl groups excluding tert-OH is 1. The quantitative estimate of drug-likeness (QED) is 0.549. The van der Waals surface area contributed by atoms with Crippen molar-refractivity contribution in [1.82, 2.24) is 5.43 Å². The van der Waals surface area contributed by atoms with Crippen LogP contribution in [0.3, 0.4) is 0 Å². The van der Waals surface area contributed by atoms with Crippen LogP contribution in [-0.4, -0.2) is 29.8 Å². The third-order valence-electron chi connectivity index (χ3n) is 3.01. The van der Waals surface area contributed by atoms with E-state index in [1.165, 1.54) is 6.21 Å². The molecule has 1 amide bonds. The molecule has 0 aliphatic heterocycles. The van der Waals surface area contributed by atoms with E-state index < -0.39 is 24.6 Å². The Hall–Kier alpha value is -3.19. The van der Waals surface area contributed by atoms with E-state index in [-0.39, 0.29) is 5.75 Å². The summed E-state index contributed by atoms with van der Waals surface area (Å²) in [6.45, 7) is -0.593. The standard InChI is InChI=1S/C17H16N2O5/c20-15(21)11-24-14-9-5-4-8-13(14)10-18-19-17(23)16(22)12-6-2-1-3-7-12/h1-10,16,22H,11H2,(H,19,23)(H,20,21)/p-1/b18-10-/t16-/m0/s1. The first kappa shape index (κ1) is 17.2. The third kappa shape index (κ3) is 4.92. The van der Waals surface area contributed by atoms with E-state index in [1.54, 1.807) is 54.6 Å². The number of rotatable bonds is 7. The van der Waals surface area contributed by atoms with Gasteiger partial charge in [0.25, 0.3) is 5.91 Å². The average molecular weight is 327 g/mol. The number of aliphatic carboxylic acids is 1. The third-order valence-corrected chi connectivity index (χ3v) is 3.01. The molecule has 7 heteroatoms. The van der Waals surface area contributed by atoms with Gasteiger partial charge in [-0.2, -0.15) is 5.10 Å². The summed E-state index contributed by atoms with van der Waals surface area (Å²) in [5.74, 6) is -1.75. The number of carboxylic acid groups (broad SMARTS) is 1. The second-order valence-corrected chi connectivity index (χ2v) is 4.75. The fraction of sp³-hybridized carbons (Fsp3) is 0.118. The molecule has 0 fully saturated rings. The number of hydrogen-bond acceptors (Lipinski definition) is 6. The zero-order valence-electron chi connectivity index (χ0n) is 12.6. The van der Waals surface area contributed by atoms with Gasteiger partial charge in [-0.25, -0.2) is 5.43 Å². The van der Waals surface area contributed by atoms with E-state index in [4.69, 9.17) is 4.74 Å². The Morgan fingerprint density at radius 1 is 1.17 bits per heavy atom. The lowest BCUT2D eigenvalue weighted by Crippen LogP contribution is -2.29. The number of carboxylic acids is 1. The number of aliphatic hydroxyl groups is 1. The molecular weight excluding hydrogens is 312 g/mol. The predicted octanol–water partition coefficient (Wildman–Crippen LogP) is -0.00100. The van der Waals surface area contributed by atoms with Crippen LogP contribution in [0.5, 0.6) is 5.75 Å². The number of benzene rings is 2. The number of hydrogen-bond donors (Lipinski definition) is 2. The molecule has 0 unspecified atom stereocenters. The van der Waals surface area contributed by atoms with Crippen molar-refractivity contribution in [3.8, 4) is 5.75 Å². The molecule has 2 N–H and O–H groups in total. The van der Waals surface area contributed by atoms with Crippen molar-refractivity contribution in [2.24, 2.45) is 5.10 Å². The summed E-state index contributed by atoms with van der Waals surface area (Å²) in [7, 11) is 0. The second kappa shape index (κ2) is 8.44. The second-order valence-electron chi connectivity index (χ2n) is 4.75. The Labute approximate surface area is 138 Å². The van der Waals surface area contributed by atoms with Crippen LogP contribution in [0, 0.1) is 0 Å². The molecule has 2 rings (SSSR count). The largest absolute Gasteiger partial charge is 0.546 e. The maximum Gasteiger partial charge on any atom is 0.273 e. The normalized spacial score (nSPS) is 11.9. The van der Waals surface area contributed by atoms with Crippen molar-refractivity contribution in [2.45, 2.75) is 6.10 Å². The molecule has 0 saturated heterocycles. The van der Waals surface area contributed by atoms with Crippen LogP contribution in [0.1, 0.15) is 17.2 Å². The van der Waals surface area contributed by atoms with E-state index in [2.05, 4.69) is 10.5 Å². The molecule has 0 heterocycles. The first-order valence-electron chi connectivity index (χ1n) is 7.05. The van der Waals surface area contributed by atoms with Crippen LogP contribution < -0.4 is 15.3 Å². The van der Waals surface area contributed by atoms with Crippen LogP contribution >= 0.6 is 0 Å². The van der Waals surface area contributed by atoms with Gasteiger partial charge in [-0.3, -0.25) is 4.79 Å². The van der Waals surface area contributed by atoms with Crippen molar-refractivity contribution < 1.29 is 24.5 Å². The fourth-order valence-corrected chi connectivity index (χ4v) is 1.87. The highest BCUT2D eigenvalue weighted by Crippen LogP contribution is 2.16. The molecule has 0 aliphatic rings. The average Bonchev–Trinajstić information content (AvgIpc) is 2.60. The number of nitrogens with one attached hydrogen (secondary N) is 1. The Morgan fingerprint density at radius 2 is 1.83 bits per heavy atom. The molecule has 0 radical (unpaired) electrons. The van der Waals surface area contributed by atoms with Crippen molar-refractivity contribution in [2.75, 3.05) is 6.61 Å². The molecule has 0 spiro atoms. The Morgan fingerprint density at radius 3 is 2.54 bits per heavy atom. The van der Waals surface area contributed by atoms with E-state index >= 15 is 0 Å². The van der Waals surface area contributed by atoms with Crippen LogP contribution in [0.15, 0.2) is 59.7 Å². The monoisotopic (exact) mass is 327 g/mol. The maximum absolute atomic E-state index is 11.8. The van der Waals surface area contributed by atoms with Gasteiger partial charge in [0.15, 0.2) is 6.10 Å². The zero-order chi connectivity index (χ0) is 17.4. The number of nitrogens with zero attached hydrogens (tertiary/aromatic N) is 1. The number of ether oxygens (including phenoxy) is 1. The van der Waals surface area contributed by atoms with Gasteiger partial charge in [0, 0.05) is 5.56 Å². The molecule has 0 bridgehead atoms. The number of hydrazone groups is 1. The Bertz CT molecular complexity index is 731. The molecule has 0 saturated carbocycles. The first-order chi connectivity index (χ1) is 11.6. The van der Waals surface area contributed by atoms with Crippen LogP contribution in [0.25, 0.3) is 0 Å². The highest BCUT2D eigenvalue weighted by Gasteiger charge is 2.16. The van der Waals surface area contributed by atoms with Crippen molar-refractivity contribution in [1.29, 1.82) is 0 Å². The van der Waals surface area contributed by atoms with Gasteiger partial charge in [-0.1, -0.05) is 42.5 Å². The molecule has 2 aromatic rings. The molecule has 1 atom stereocenters. The van der Waals surface area contributed by atoms with Crippen LogP contribution in [-0.2, 0) is 9.59 Å². The molecule has 0 aliphatic carbocycles. The highest BCUT2D eigenvalue weighted by molar-refractivity contribution is 5.86. The molecule has 24 heavy (non-hydrogen) atoms. The number of amides is 1. The van der Waals surface area contributed by atoms with E-state index in [0.29, 0.717) is 11.1 Å². The van der Waals surface area contributed by atoms with Crippen LogP contribution in [0.2, 0.25) is 0 Å². The van der Waals surface area contributed by atoms with Gasteiger partial charge in [0.05, 0.1) is 12.2 Å². The summed E-state index contributed by atoms with van der Waals surface area (Å²) in [6.07, 6.45) is -0.0480. The van der Waals surface area contributed by atoms with E-state index in [1.807, 2.05) is 0 Å². The van der Waals surface area contributed by atoms with Gasteiger partial charge in [-0.15, -0.1) is 0 Å². The fourth-order valence-electron chi connectivity index (χ4n) is 1.87. The zero-order valence-corrected chi connectivity index (χ0v) is 12.6. The minimum Gasteiger partial charge on any atom is -0.546 e. The summed E-state index contributed by atoms with van der Waals surface area (Å²) in [6, 6.07) is 15.0. The predicted molar refractivity (Wildman–Crippen MR) is 84.1 cm³/mol. The molecule has 124 valence electrons. The smallest absolute Gasteiger partial charge is 0.273 e. The van der Waals surface area contributed by atoms with Crippen LogP contribution in [0.4, 0.5) is 0 Å². The lowest BCUT2D eigenvalue weighted by molar-refractivity contribution is -0.307. The first-order valence-corrected chi connectivity index (χ1v) is 7.05. The number of carbonyl (C=O) groups excluding carboxylic acids is 2. The van der Waals surface area contributed by atoms with Gasteiger partial charge in [0.2, 0.25) is 0 Å². The van der Waals surface area contributed by atoms with E-state index in [9.17, 15) is 19.8 Å². The van der Waals surface area contributed by atoms with Gasteiger partial charge >= 0.3 is 0 Å². The molecule has 2 aromatic carbocycles. The SMILES string of the molecule is O=C([O-])COc1ccccc1/C=N\NC(=O)[C@@H](O)c1ccccc1. The maximum atomic E-state index is 11.8. The summed E-state index contributed by atoms with van der Waals surface area (Å²) >= 11 is 0. The minimum atomic E-state index is -1.35. The van der Waals surface area contributed by atoms with Crippen molar-refractivity contribution in [3.63, 3.8) is 0 Å². The molecular formula is C17H15N2O5-. The lowest BCUT2D eigenvalue weighted by Gasteiger charge is -2.10. The molecule has 0 aromatic heterocycles. The van der Waals surface area contributed by atoms with E-state index in [0.717, 1.165) is 0 Å². The van der Waals surface area contributed by atoms with Gasteiger partial charge in [-0.05, 0) is 17.7 Å². The summed E-state index contributed by atoms with van der Waals surface area (Å²) in [4.78, 5) is 22.3. The minimum absolute atomic E-state index is 0.281. The number of para-hydroxylation sites is 1. The summed E-state index contributed by atoms with van der Waals surface area (Å²) < 4.78 is 5.06.